The maximum absolute atomic E-state index is 13.6. The van der Waals surface area contributed by atoms with E-state index in [2.05, 4.69) is 15.9 Å². The van der Waals surface area contributed by atoms with Crippen LogP contribution in [0.5, 0.6) is 5.75 Å². The Morgan fingerprint density at radius 2 is 2.11 bits per heavy atom. The molecular formula is C11H14BrFO4S. The molecule has 7 heteroatoms. The number of aliphatic hydroxyl groups is 1. The third-order valence-electron chi connectivity index (χ3n) is 2.23. The number of rotatable bonds is 6. The van der Waals surface area contributed by atoms with Gasteiger partial charge in [0.2, 0.25) is 0 Å². The van der Waals surface area contributed by atoms with Gasteiger partial charge in [0, 0.05) is 23.2 Å². The second-order valence-electron chi connectivity index (χ2n) is 3.70. The van der Waals surface area contributed by atoms with Gasteiger partial charge >= 0.3 is 0 Å². The van der Waals surface area contributed by atoms with E-state index in [0.717, 1.165) is 24.1 Å². The van der Waals surface area contributed by atoms with Crippen molar-refractivity contribution in [2.45, 2.75) is 17.9 Å². The largest absolute Gasteiger partial charge is 0.493 e. The quantitative estimate of drug-likeness (QED) is 0.634. The van der Waals surface area contributed by atoms with Gasteiger partial charge in [-0.3, -0.25) is 0 Å². The lowest BCUT2D eigenvalue weighted by Gasteiger charge is -2.11. The number of ether oxygens (including phenoxy) is 1. The van der Waals surface area contributed by atoms with Crippen LogP contribution in [0.25, 0.3) is 0 Å². The fourth-order valence-corrected chi connectivity index (χ4v) is 2.57. The Bertz CT molecular complexity index is 516. The molecule has 0 aliphatic carbocycles. The molecule has 0 bridgehead atoms. The second-order valence-corrected chi connectivity index (χ2v) is 6.48. The van der Waals surface area contributed by atoms with Gasteiger partial charge in [0.25, 0.3) is 0 Å². The maximum Gasteiger partial charge on any atom is 0.176 e. The van der Waals surface area contributed by atoms with Crippen molar-refractivity contribution in [2.75, 3.05) is 18.2 Å². The molecule has 102 valence electrons. The van der Waals surface area contributed by atoms with E-state index in [1.165, 1.54) is 6.07 Å². The van der Waals surface area contributed by atoms with Crippen LogP contribution in [0, 0.1) is 5.82 Å². The number of alkyl halides is 1. The summed E-state index contributed by atoms with van der Waals surface area (Å²) in [5, 5.41) is 9.76. The lowest BCUT2D eigenvalue weighted by molar-refractivity contribution is 0.270. The molecular weight excluding hydrogens is 327 g/mol. The van der Waals surface area contributed by atoms with E-state index in [0.29, 0.717) is 6.61 Å². The Morgan fingerprint density at radius 3 is 2.61 bits per heavy atom. The predicted molar refractivity (Wildman–Crippen MR) is 69.3 cm³/mol. The number of aliphatic hydroxyl groups excluding tert-OH is 1. The fraction of sp³-hybridized carbons (Fsp3) is 0.455. The second kappa shape index (κ2) is 6.49. The van der Waals surface area contributed by atoms with Gasteiger partial charge in [-0.05, 0) is 12.5 Å². The van der Waals surface area contributed by atoms with Crippen LogP contribution in [-0.2, 0) is 16.4 Å². The van der Waals surface area contributed by atoms with Crippen LogP contribution in [0.2, 0.25) is 0 Å². The molecule has 0 spiro atoms. The van der Waals surface area contributed by atoms with E-state index in [1.807, 2.05) is 0 Å². The summed E-state index contributed by atoms with van der Waals surface area (Å²) >= 11 is 3.22. The van der Waals surface area contributed by atoms with Crippen LogP contribution in [0.4, 0.5) is 4.39 Å². The summed E-state index contributed by atoms with van der Waals surface area (Å²) in [4.78, 5) is -0.237. The van der Waals surface area contributed by atoms with Crippen LogP contribution in [-0.4, -0.2) is 31.7 Å². The van der Waals surface area contributed by atoms with Gasteiger partial charge in [-0.15, -0.1) is 0 Å². The van der Waals surface area contributed by atoms with E-state index in [4.69, 9.17) is 9.84 Å². The molecule has 1 aromatic carbocycles. The first-order valence-electron chi connectivity index (χ1n) is 5.22. The van der Waals surface area contributed by atoms with Crippen LogP contribution in [0.3, 0.4) is 0 Å². The highest BCUT2D eigenvalue weighted by molar-refractivity contribution is 9.09. The average Bonchev–Trinajstić information content (AvgIpc) is 2.27. The standard InChI is InChI=1S/C11H14BrFO4S/c1-18(15,16)11-6-8(17-4-2-3-12)5-10(13)9(11)7-14/h5-6,14H,2-4,7H2,1H3. The number of benzene rings is 1. The van der Waals surface area contributed by atoms with E-state index >= 15 is 0 Å². The Hall–Kier alpha value is -0.660. The summed E-state index contributed by atoms with van der Waals surface area (Å²) in [6.07, 6.45) is 1.68. The molecule has 0 atom stereocenters. The highest BCUT2D eigenvalue weighted by Crippen LogP contribution is 2.25. The molecule has 1 rings (SSSR count). The molecule has 0 unspecified atom stereocenters. The van der Waals surface area contributed by atoms with Gasteiger partial charge < -0.3 is 9.84 Å². The first kappa shape index (κ1) is 15.4. The van der Waals surface area contributed by atoms with Gasteiger partial charge in [0.1, 0.15) is 11.6 Å². The van der Waals surface area contributed by atoms with E-state index in [-0.39, 0.29) is 16.2 Å². The van der Waals surface area contributed by atoms with Crippen LogP contribution < -0.4 is 4.74 Å². The van der Waals surface area contributed by atoms with E-state index < -0.39 is 22.3 Å². The van der Waals surface area contributed by atoms with Crippen molar-refractivity contribution < 1.29 is 22.7 Å². The SMILES string of the molecule is CS(=O)(=O)c1cc(OCCCBr)cc(F)c1CO. The predicted octanol–water partition coefficient (Wildman–Crippen LogP) is 1.89. The molecule has 0 saturated heterocycles. The number of hydrogen-bond acceptors (Lipinski definition) is 4. The monoisotopic (exact) mass is 340 g/mol. The summed E-state index contributed by atoms with van der Waals surface area (Å²) in [5.41, 5.74) is -0.231. The molecule has 0 aliphatic rings. The summed E-state index contributed by atoms with van der Waals surface area (Å²) in [6, 6.07) is 2.31. The van der Waals surface area contributed by atoms with Crippen molar-refractivity contribution in [3.63, 3.8) is 0 Å². The highest BCUT2D eigenvalue weighted by atomic mass is 79.9. The maximum atomic E-state index is 13.6. The zero-order valence-corrected chi connectivity index (χ0v) is 12.2. The van der Waals surface area contributed by atoms with Crippen molar-refractivity contribution in [1.82, 2.24) is 0 Å². The van der Waals surface area contributed by atoms with Gasteiger partial charge in [0.15, 0.2) is 9.84 Å². The highest BCUT2D eigenvalue weighted by Gasteiger charge is 2.18. The van der Waals surface area contributed by atoms with E-state index in [9.17, 15) is 12.8 Å². The minimum Gasteiger partial charge on any atom is -0.493 e. The van der Waals surface area contributed by atoms with Gasteiger partial charge in [-0.25, -0.2) is 12.8 Å². The van der Waals surface area contributed by atoms with E-state index in [1.54, 1.807) is 0 Å². The molecule has 0 heterocycles. The Balaban J connectivity index is 3.15. The van der Waals surface area contributed by atoms with Crippen LogP contribution in [0.15, 0.2) is 17.0 Å². The first-order chi connectivity index (χ1) is 8.40. The molecule has 1 N–H and O–H groups in total. The fourth-order valence-electron chi connectivity index (χ4n) is 1.40. The van der Waals surface area contributed by atoms with Crippen molar-refractivity contribution in [1.29, 1.82) is 0 Å². The minimum absolute atomic E-state index is 0.145. The molecule has 0 saturated carbocycles. The van der Waals surface area contributed by atoms with Crippen LogP contribution >= 0.6 is 15.9 Å². The third kappa shape index (κ3) is 3.93. The van der Waals surface area contributed by atoms with Gasteiger partial charge in [-0.1, -0.05) is 15.9 Å². The zero-order chi connectivity index (χ0) is 13.8. The topological polar surface area (TPSA) is 63.6 Å². The normalized spacial score (nSPS) is 11.6. The minimum atomic E-state index is -3.61. The number of sulfone groups is 1. The van der Waals surface area contributed by atoms with Gasteiger partial charge in [-0.2, -0.15) is 0 Å². The summed E-state index contributed by atoms with van der Waals surface area (Å²) < 4.78 is 41.9. The first-order valence-corrected chi connectivity index (χ1v) is 8.23. The number of halogens is 2. The molecule has 0 radical (unpaired) electrons. The average molecular weight is 341 g/mol. The smallest absolute Gasteiger partial charge is 0.176 e. The summed E-state index contributed by atoms with van der Waals surface area (Å²) in [5.74, 6) is -0.639. The Morgan fingerprint density at radius 1 is 1.44 bits per heavy atom. The molecule has 0 aliphatic heterocycles. The number of hydrogen-bond donors (Lipinski definition) is 1. The zero-order valence-electron chi connectivity index (χ0n) is 9.82. The third-order valence-corrected chi connectivity index (χ3v) is 3.96. The van der Waals surface area contributed by atoms with Crippen molar-refractivity contribution in [2.24, 2.45) is 0 Å². The van der Waals surface area contributed by atoms with Crippen molar-refractivity contribution in [3.05, 3.63) is 23.5 Å². The van der Waals surface area contributed by atoms with Gasteiger partial charge in [0.05, 0.1) is 18.1 Å². The molecule has 0 aromatic heterocycles. The van der Waals surface area contributed by atoms with Crippen LogP contribution in [0.1, 0.15) is 12.0 Å². The Labute approximate surface area is 114 Å². The lowest BCUT2D eigenvalue weighted by Crippen LogP contribution is -2.07. The lowest BCUT2D eigenvalue weighted by atomic mass is 10.2. The molecule has 4 nitrogen and oxygen atoms in total. The van der Waals surface area contributed by atoms with Crippen molar-refractivity contribution >= 4 is 25.8 Å². The molecule has 1 aromatic rings. The summed E-state index contributed by atoms with van der Waals surface area (Å²) in [6.45, 7) is -0.317. The molecule has 18 heavy (non-hydrogen) atoms. The van der Waals surface area contributed by atoms with Crippen molar-refractivity contribution in [3.8, 4) is 5.75 Å². The Kier molecular flexibility index (Phi) is 5.55. The molecule has 0 fully saturated rings. The molecule has 0 amide bonds. The summed E-state index contributed by atoms with van der Waals surface area (Å²) in [7, 11) is -3.61.